The van der Waals surface area contributed by atoms with Crippen LogP contribution in [0.5, 0.6) is 0 Å². The molecule has 2 aromatic heterocycles. The van der Waals surface area contributed by atoms with Crippen molar-refractivity contribution in [2.75, 3.05) is 16.8 Å². The topological polar surface area (TPSA) is 159 Å². The van der Waals surface area contributed by atoms with Crippen molar-refractivity contribution in [3.05, 3.63) is 30.3 Å². The van der Waals surface area contributed by atoms with Crippen LogP contribution in [-0.4, -0.2) is 31.9 Å². The normalized spacial score (nSPS) is 12.3. The van der Waals surface area contributed by atoms with Crippen molar-refractivity contribution < 1.29 is 4.79 Å². The highest BCUT2D eigenvalue weighted by atomic mass is 16.2. The van der Waals surface area contributed by atoms with Gasteiger partial charge in [0.15, 0.2) is 22.8 Å². The number of fused-ring (bicyclic) bond motifs is 1. The van der Waals surface area contributed by atoms with Gasteiger partial charge in [0.2, 0.25) is 11.9 Å². The van der Waals surface area contributed by atoms with E-state index in [-0.39, 0.29) is 35.1 Å². The minimum Gasteiger partial charge on any atom is -0.382 e. The summed E-state index contributed by atoms with van der Waals surface area (Å²) in [4.78, 5) is 29.5. The lowest BCUT2D eigenvalue weighted by Gasteiger charge is -2.16. The number of hydrogen-bond donors (Lipinski definition) is 4. The molecule has 0 radical (unpaired) electrons. The zero-order valence-electron chi connectivity index (χ0n) is 15.2. The number of amides is 1. The van der Waals surface area contributed by atoms with Crippen LogP contribution in [0.2, 0.25) is 0 Å². The molecule has 1 aromatic carbocycles. The van der Waals surface area contributed by atoms with Crippen molar-refractivity contribution in [3.63, 3.8) is 0 Å². The number of carbonyl (C=O) groups excluding carboxylic acids is 1. The van der Waals surface area contributed by atoms with Gasteiger partial charge in [0.25, 0.3) is 0 Å². The molecule has 1 atom stereocenters. The van der Waals surface area contributed by atoms with Crippen molar-refractivity contribution in [2.24, 2.45) is 11.7 Å². The van der Waals surface area contributed by atoms with Crippen LogP contribution in [0.1, 0.15) is 20.3 Å². The lowest BCUT2D eigenvalue weighted by molar-refractivity contribution is -0.117. The summed E-state index contributed by atoms with van der Waals surface area (Å²) >= 11 is 0. The first kappa shape index (κ1) is 18.5. The SMILES string of the molecule is CC(C)C[C@H](N)C(=O)Nc1nc2nc(N)nc(N)c2nc1-c1ccccc1. The molecule has 0 fully saturated rings. The first-order valence-corrected chi connectivity index (χ1v) is 8.57. The van der Waals surface area contributed by atoms with E-state index in [2.05, 4.69) is 25.3 Å². The van der Waals surface area contributed by atoms with Gasteiger partial charge < -0.3 is 22.5 Å². The molecule has 0 aliphatic carbocycles. The highest BCUT2D eigenvalue weighted by molar-refractivity contribution is 5.98. The Balaban J connectivity index is 2.10. The van der Waals surface area contributed by atoms with Crippen molar-refractivity contribution in [1.82, 2.24) is 19.9 Å². The fraction of sp³-hybridized carbons (Fsp3) is 0.278. The maximum Gasteiger partial charge on any atom is 0.242 e. The van der Waals surface area contributed by atoms with Gasteiger partial charge in [-0.25, -0.2) is 9.97 Å². The average Bonchev–Trinajstić information content (AvgIpc) is 2.61. The van der Waals surface area contributed by atoms with E-state index in [1.165, 1.54) is 0 Å². The van der Waals surface area contributed by atoms with Crippen molar-refractivity contribution >= 4 is 34.7 Å². The fourth-order valence-electron chi connectivity index (χ4n) is 2.69. The Bertz CT molecular complexity index is 974. The Morgan fingerprint density at radius 1 is 1.07 bits per heavy atom. The van der Waals surface area contributed by atoms with Gasteiger partial charge in [0, 0.05) is 5.56 Å². The molecule has 3 rings (SSSR count). The van der Waals surface area contributed by atoms with Crippen LogP contribution in [0, 0.1) is 5.92 Å². The predicted molar refractivity (Wildman–Crippen MR) is 105 cm³/mol. The summed E-state index contributed by atoms with van der Waals surface area (Å²) in [6.45, 7) is 4.00. The second kappa shape index (κ2) is 7.50. The van der Waals surface area contributed by atoms with Gasteiger partial charge in [-0.05, 0) is 12.3 Å². The highest BCUT2D eigenvalue weighted by Crippen LogP contribution is 2.28. The molecule has 140 valence electrons. The van der Waals surface area contributed by atoms with E-state index >= 15 is 0 Å². The number of carbonyl (C=O) groups is 1. The number of nitrogens with zero attached hydrogens (tertiary/aromatic N) is 4. The van der Waals surface area contributed by atoms with Gasteiger partial charge in [-0.2, -0.15) is 9.97 Å². The first-order valence-electron chi connectivity index (χ1n) is 8.57. The summed E-state index contributed by atoms with van der Waals surface area (Å²) in [5, 5.41) is 2.77. The summed E-state index contributed by atoms with van der Waals surface area (Å²) in [6.07, 6.45) is 0.551. The molecule has 9 heteroatoms. The molecule has 0 saturated carbocycles. The Kier molecular flexibility index (Phi) is 5.13. The Hall–Kier alpha value is -3.33. The summed E-state index contributed by atoms with van der Waals surface area (Å²) in [6, 6.07) is 8.65. The third-order valence-electron chi connectivity index (χ3n) is 3.93. The van der Waals surface area contributed by atoms with Crippen LogP contribution in [0.3, 0.4) is 0 Å². The molecule has 0 spiro atoms. The number of nitrogens with one attached hydrogen (secondary N) is 1. The predicted octanol–water partition coefficient (Wildman–Crippen LogP) is 1.56. The van der Waals surface area contributed by atoms with Gasteiger partial charge in [0.1, 0.15) is 5.69 Å². The summed E-state index contributed by atoms with van der Waals surface area (Å²) < 4.78 is 0. The molecule has 0 bridgehead atoms. The van der Waals surface area contributed by atoms with Gasteiger partial charge in [-0.15, -0.1) is 0 Å². The van der Waals surface area contributed by atoms with Gasteiger partial charge in [-0.3, -0.25) is 4.79 Å². The zero-order chi connectivity index (χ0) is 19.6. The lowest BCUT2D eigenvalue weighted by Crippen LogP contribution is -2.37. The van der Waals surface area contributed by atoms with Crippen molar-refractivity contribution in [3.8, 4) is 11.3 Å². The number of rotatable bonds is 5. The van der Waals surface area contributed by atoms with E-state index in [0.717, 1.165) is 5.56 Å². The van der Waals surface area contributed by atoms with Gasteiger partial charge >= 0.3 is 0 Å². The van der Waals surface area contributed by atoms with E-state index in [9.17, 15) is 4.79 Å². The third-order valence-corrected chi connectivity index (χ3v) is 3.93. The van der Waals surface area contributed by atoms with Crippen LogP contribution < -0.4 is 22.5 Å². The highest BCUT2D eigenvalue weighted by Gasteiger charge is 2.20. The molecular formula is C18H22N8O. The number of hydrogen-bond acceptors (Lipinski definition) is 8. The molecular weight excluding hydrogens is 344 g/mol. The molecule has 0 aliphatic rings. The molecule has 1 amide bonds. The molecule has 7 N–H and O–H groups in total. The number of aromatic nitrogens is 4. The number of nitrogen functional groups attached to an aromatic ring is 2. The van der Waals surface area contributed by atoms with Crippen molar-refractivity contribution in [2.45, 2.75) is 26.3 Å². The summed E-state index contributed by atoms with van der Waals surface area (Å²) in [5.74, 6) is 0.293. The maximum atomic E-state index is 12.5. The average molecular weight is 366 g/mol. The standard InChI is InChI=1S/C18H22N8O/c1-9(2)8-11(19)17(27)25-15-12(10-6-4-3-5-7-10)22-13-14(20)23-18(21)26-16(13)24-15/h3-7,9,11H,8,19H2,1-2H3,(H5,20,21,23,24,25,26,27)/t11-/m0/s1. The monoisotopic (exact) mass is 366 g/mol. The molecule has 9 nitrogen and oxygen atoms in total. The van der Waals surface area contributed by atoms with E-state index in [1.54, 1.807) is 0 Å². The molecule has 3 aromatic rings. The quantitative estimate of drug-likeness (QED) is 0.529. The minimum absolute atomic E-state index is 0.0180. The van der Waals surface area contributed by atoms with Gasteiger partial charge in [0.05, 0.1) is 6.04 Å². The summed E-state index contributed by atoms with van der Waals surface area (Å²) in [5.41, 5.74) is 19.3. The van der Waals surface area contributed by atoms with E-state index in [0.29, 0.717) is 17.6 Å². The van der Waals surface area contributed by atoms with Crippen LogP contribution in [0.4, 0.5) is 17.6 Å². The second-order valence-corrected chi connectivity index (χ2v) is 6.65. The van der Waals surface area contributed by atoms with Gasteiger partial charge in [-0.1, -0.05) is 44.2 Å². The third kappa shape index (κ3) is 4.09. The smallest absolute Gasteiger partial charge is 0.242 e. The maximum absolute atomic E-state index is 12.5. The largest absolute Gasteiger partial charge is 0.382 e. The van der Waals surface area contributed by atoms with E-state index < -0.39 is 6.04 Å². The Labute approximate surface area is 156 Å². The molecule has 2 heterocycles. The zero-order valence-corrected chi connectivity index (χ0v) is 15.2. The van der Waals surface area contributed by atoms with Crippen LogP contribution >= 0.6 is 0 Å². The minimum atomic E-state index is -0.661. The number of anilines is 3. The fourth-order valence-corrected chi connectivity index (χ4v) is 2.69. The Morgan fingerprint density at radius 2 is 1.78 bits per heavy atom. The molecule has 0 saturated heterocycles. The van der Waals surface area contributed by atoms with Crippen LogP contribution in [-0.2, 0) is 4.79 Å². The van der Waals surface area contributed by atoms with Crippen molar-refractivity contribution in [1.29, 1.82) is 0 Å². The van der Waals surface area contributed by atoms with E-state index in [4.69, 9.17) is 17.2 Å². The second-order valence-electron chi connectivity index (χ2n) is 6.65. The lowest BCUT2D eigenvalue weighted by atomic mass is 10.0. The van der Waals surface area contributed by atoms with Crippen LogP contribution in [0.25, 0.3) is 22.4 Å². The summed E-state index contributed by atoms with van der Waals surface area (Å²) in [7, 11) is 0. The van der Waals surface area contributed by atoms with Crippen LogP contribution in [0.15, 0.2) is 30.3 Å². The molecule has 0 unspecified atom stereocenters. The first-order chi connectivity index (χ1) is 12.8. The molecule has 27 heavy (non-hydrogen) atoms. The Morgan fingerprint density at radius 3 is 2.44 bits per heavy atom. The van der Waals surface area contributed by atoms with E-state index in [1.807, 2.05) is 44.2 Å². The molecule has 0 aliphatic heterocycles. The number of benzene rings is 1. The number of nitrogens with two attached hydrogens (primary N) is 3.